The first kappa shape index (κ1) is 11.9. The molecular weight excluding hydrogens is 226 g/mol. The number of hydrogen-bond donors (Lipinski definition) is 3. The van der Waals surface area contributed by atoms with Crippen LogP contribution in [0.1, 0.15) is 25.7 Å². The van der Waals surface area contributed by atoms with Crippen LogP contribution in [0.3, 0.4) is 0 Å². The predicted molar refractivity (Wildman–Crippen MR) is 56.1 cm³/mol. The third-order valence-corrected chi connectivity index (χ3v) is 3.70. The molecule has 0 saturated heterocycles. The van der Waals surface area contributed by atoms with Crippen molar-refractivity contribution >= 4 is 17.8 Å². The summed E-state index contributed by atoms with van der Waals surface area (Å²) in [5.41, 5.74) is 0. The first-order chi connectivity index (χ1) is 8.00. The Kier molecular flexibility index (Phi) is 3.04. The molecule has 2 aliphatic rings. The van der Waals surface area contributed by atoms with E-state index in [1.165, 1.54) is 0 Å². The molecule has 0 heterocycles. The molecule has 2 rings (SSSR count). The second-order valence-electron chi connectivity index (χ2n) is 4.78. The molecule has 0 bridgehead atoms. The normalized spacial score (nSPS) is 31.4. The summed E-state index contributed by atoms with van der Waals surface area (Å²) in [5, 5.41) is 19.7. The van der Waals surface area contributed by atoms with E-state index in [1.54, 1.807) is 0 Å². The summed E-state index contributed by atoms with van der Waals surface area (Å²) in [6, 6.07) is -1.32. The maximum absolute atomic E-state index is 11.7. The Hall–Kier alpha value is -1.59. The molecule has 2 unspecified atom stereocenters. The standard InChI is InChI=1S/C11H15NO5/c13-8(14)4-7(11(16)17)12-10(15)9-5-2-1-3-6(5)9/h5-7,9H,1-4H2,(H,12,15)(H,13,14)(H,16,17)/t5?,6?,7-,9?/m0/s1. The molecule has 6 heteroatoms. The van der Waals surface area contributed by atoms with Crippen molar-refractivity contribution in [1.82, 2.24) is 5.32 Å². The lowest BCUT2D eigenvalue weighted by Gasteiger charge is -2.13. The highest BCUT2D eigenvalue weighted by Gasteiger charge is 2.56. The first-order valence-corrected chi connectivity index (χ1v) is 5.75. The van der Waals surface area contributed by atoms with Crippen LogP contribution in [0.2, 0.25) is 0 Å². The van der Waals surface area contributed by atoms with Crippen LogP contribution in [0, 0.1) is 17.8 Å². The van der Waals surface area contributed by atoms with Crippen LogP contribution in [0.15, 0.2) is 0 Å². The smallest absolute Gasteiger partial charge is 0.326 e. The van der Waals surface area contributed by atoms with E-state index in [2.05, 4.69) is 5.32 Å². The van der Waals surface area contributed by atoms with Crippen molar-refractivity contribution in [1.29, 1.82) is 0 Å². The Morgan fingerprint density at radius 2 is 1.76 bits per heavy atom. The number of carbonyl (C=O) groups is 3. The van der Waals surface area contributed by atoms with Gasteiger partial charge >= 0.3 is 11.9 Å². The topological polar surface area (TPSA) is 104 Å². The fraction of sp³-hybridized carbons (Fsp3) is 0.727. The van der Waals surface area contributed by atoms with Crippen molar-refractivity contribution in [2.75, 3.05) is 0 Å². The van der Waals surface area contributed by atoms with Crippen molar-refractivity contribution in [3.05, 3.63) is 0 Å². The molecular formula is C11H15NO5. The molecule has 6 nitrogen and oxygen atoms in total. The van der Waals surface area contributed by atoms with Crippen molar-refractivity contribution in [3.8, 4) is 0 Å². The van der Waals surface area contributed by atoms with E-state index in [9.17, 15) is 14.4 Å². The number of amides is 1. The lowest BCUT2D eigenvalue weighted by Crippen LogP contribution is -2.43. The van der Waals surface area contributed by atoms with Crippen molar-refractivity contribution in [3.63, 3.8) is 0 Å². The fourth-order valence-electron chi connectivity index (χ4n) is 2.85. The monoisotopic (exact) mass is 241 g/mol. The highest BCUT2D eigenvalue weighted by Crippen LogP contribution is 2.57. The number of hydrogen-bond acceptors (Lipinski definition) is 3. The van der Waals surface area contributed by atoms with E-state index < -0.39 is 24.4 Å². The van der Waals surface area contributed by atoms with E-state index in [1.807, 2.05) is 0 Å². The zero-order valence-corrected chi connectivity index (χ0v) is 9.26. The van der Waals surface area contributed by atoms with Crippen molar-refractivity contribution < 1.29 is 24.6 Å². The van der Waals surface area contributed by atoms with Gasteiger partial charge in [0.2, 0.25) is 5.91 Å². The molecule has 2 aliphatic carbocycles. The largest absolute Gasteiger partial charge is 0.481 e. The van der Waals surface area contributed by atoms with Gasteiger partial charge in [-0.3, -0.25) is 9.59 Å². The summed E-state index contributed by atoms with van der Waals surface area (Å²) in [6.07, 6.45) is 2.61. The number of carbonyl (C=O) groups excluding carboxylic acids is 1. The van der Waals surface area contributed by atoms with Gasteiger partial charge in [0.15, 0.2) is 0 Å². The Morgan fingerprint density at radius 1 is 1.18 bits per heavy atom. The molecule has 0 aromatic rings. The van der Waals surface area contributed by atoms with Crippen LogP contribution in [-0.4, -0.2) is 34.1 Å². The number of rotatable bonds is 5. The highest BCUT2D eigenvalue weighted by atomic mass is 16.4. The van der Waals surface area contributed by atoms with E-state index in [0.717, 1.165) is 19.3 Å². The molecule has 0 aromatic carbocycles. The highest BCUT2D eigenvalue weighted by molar-refractivity contribution is 5.89. The van der Waals surface area contributed by atoms with Gasteiger partial charge in [0.25, 0.3) is 0 Å². The van der Waals surface area contributed by atoms with Gasteiger partial charge in [0.1, 0.15) is 6.04 Å². The van der Waals surface area contributed by atoms with E-state index >= 15 is 0 Å². The average Bonchev–Trinajstić information content (AvgIpc) is 2.71. The molecule has 3 atom stereocenters. The van der Waals surface area contributed by atoms with Gasteiger partial charge in [-0.15, -0.1) is 0 Å². The van der Waals surface area contributed by atoms with Gasteiger partial charge in [-0.25, -0.2) is 4.79 Å². The first-order valence-electron chi connectivity index (χ1n) is 5.75. The van der Waals surface area contributed by atoms with Crippen LogP contribution in [0.25, 0.3) is 0 Å². The molecule has 94 valence electrons. The van der Waals surface area contributed by atoms with Crippen molar-refractivity contribution in [2.45, 2.75) is 31.7 Å². The molecule has 2 saturated carbocycles. The third-order valence-electron chi connectivity index (χ3n) is 3.70. The summed E-state index contributed by atoms with van der Waals surface area (Å²) in [4.78, 5) is 33.0. The van der Waals surface area contributed by atoms with Crippen LogP contribution in [0.5, 0.6) is 0 Å². The summed E-state index contributed by atoms with van der Waals surface area (Å²) in [7, 11) is 0. The van der Waals surface area contributed by atoms with Crippen LogP contribution in [-0.2, 0) is 14.4 Å². The summed E-state index contributed by atoms with van der Waals surface area (Å²) in [6.45, 7) is 0. The summed E-state index contributed by atoms with van der Waals surface area (Å²) < 4.78 is 0. The second kappa shape index (κ2) is 4.35. The molecule has 0 aromatic heterocycles. The Bertz CT molecular complexity index is 357. The van der Waals surface area contributed by atoms with E-state index in [0.29, 0.717) is 11.8 Å². The lowest BCUT2D eigenvalue weighted by atomic mass is 10.1. The maximum atomic E-state index is 11.7. The number of carboxylic acids is 2. The molecule has 0 spiro atoms. The number of fused-ring (bicyclic) bond motifs is 1. The van der Waals surface area contributed by atoms with Gasteiger partial charge in [-0.05, 0) is 24.7 Å². The third kappa shape index (κ3) is 2.40. The number of nitrogens with one attached hydrogen (secondary N) is 1. The minimum absolute atomic E-state index is 0.0839. The molecule has 17 heavy (non-hydrogen) atoms. The van der Waals surface area contributed by atoms with Gasteiger partial charge in [0.05, 0.1) is 6.42 Å². The van der Waals surface area contributed by atoms with Crippen LogP contribution in [0.4, 0.5) is 0 Å². The maximum Gasteiger partial charge on any atom is 0.326 e. The molecule has 0 radical (unpaired) electrons. The van der Waals surface area contributed by atoms with Crippen LogP contribution >= 0.6 is 0 Å². The zero-order chi connectivity index (χ0) is 12.6. The Balaban J connectivity index is 1.88. The SMILES string of the molecule is O=C(O)C[C@H](NC(=O)C1C2CCCC21)C(=O)O. The minimum atomic E-state index is -1.32. The van der Waals surface area contributed by atoms with Crippen molar-refractivity contribution in [2.24, 2.45) is 17.8 Å². The van der Waals surface area contributed by atoms with Gasteiger partial charge in [0, 0.05) is 5.92 Å². The van der Waals surface area contributed by atoms with E-state index in [4.69, 9.17) is 10.2 Å². The quantitative estimate of drug-likeness (QED) is 0.632. The molecule has 0 aliphatic heterocycles. The molecule has 3 N–H and O–H groups in total. The Morgan fingerprint density at radius 3 is 2.24 bits per heavy atom. The number of carboxylic acid groups (broad SMARTS) is 2. The lowest BCUT2D eigenvalue weighted by molar-refractivity contribution is -0.147. The summed E-state index contributed by atoms with van der Waals surface area (Å²) >= 11 is 0. The zero-order valence-electron chi connectivity index (χ0n) is 9.26. The van der Waals surface area contributed by atoms with Gasteiger partial charge in [-0.2, -0.15) is 0 Å². The Labute approximate surface area is 98.0 Å². The average molecular weight is 241 g/mol. The number of aliphatic carboxylic acids is 2. The molecule has 2 fully saturated rings. The van der Waals surface area contributed by atoms with Gasteiger partial charge < -0.3 is 15.5 Å². The molecule has 1 amide bonds. The fourth-order valence-corrected chi connectivity index (χ4v) is 2.85. The minimum Gasteiger partial charge on any atom is -0.481 e. The predicted octanol–water partition coefficient (Wildman–Crippen LogP) is 0.0766. The van der Waals surface area contributed by atoms with E-state index in [-0.39, 0.29) is 11.8 Å². The summed E-state index contributed by atoms with van der Waals surface area (Å²) in [5.74, 6) is -2.11. The second-order valence-corrected chi connectivity index (χ2v) is 4.78. The van der Waals surface area contributed by atoms with Gasteiger partial charge in [-0.1, -0.05) is 6.42 Å². The van der Waals surface area contributed by atoms with Crippen LogP contribution < -0.4 is 5.32 Å².